The Kier molecular flexibility index (Phi) is 12.3. The molecule has 7 nitrogen and oxygen atoms in total. The molecule has 1 N–H and O–H groups in total. The Hall–Kier alpha value is -2.40. The highest BCUT2D eigenvalue weighted by Crippen LogP contribution is 2.39. The lowest BCUT2D eigenvalue weighted by atomic mass is 9.83. The Bertz CT molecular complexity index is 1110. The summed E-state index contributed by atoms with van der Waals surface area (Å²) in [6.07, 6.45) is 0.878. The Morgan fingerprint density at radius 3 is 2.45 bits per heavy atom. The zero-order valence-electron chi connectivity index (χ0n) is 22.1. The smallest absolute Gasteiger partial charge is 0.391 e. The van der Waals surface area contributed by atoms with Crippen molar-refractivity contribution in [3.05, 3.63) is 34.5 Å². The second-order valence-corrected chi connectivity index (χ2v) is 10.3. The normalized spacial score (nSPS) is 18.2. The van der Waals surface area contributed by atoms with E-state index in [1.165, 1.54) is 20.0 Å². The van der Waals surface area contributed by atoms with E-state index < -0.39 is 23.7 Å². The van der Waals surface area contributed by atoms with Crippen LogP contribution in [0.4, 0.5) is 13.2 Å². The third-order valence-corrected chi connectivity index (χ3v) is 7.21. The third-order valence-electron chi connectivity index (χ3n) is 6.85. The number of halogens is 4. The molecule has 0 unspecified atom stereocenters. The first kappa shape index (κ1) is 31.8. The third kappa shape index (κ3) is 8.56. The van der Waals surface area contributed by atoms with E-state index in [0.717, 1.165) is 32.1 Å². The average Bonchev–Trinajstić information content (AvgIpc) is 3.19. The van der Waals surface area contributed by atoms with E-state index in [2.05, 4.69) is 17.3 Å². The van der Waals surface area contributed by atoms with Gasteiger partial charge in [-0.25, -0.2) is 0 Å². The van der Waals surface area contributed by atoms with Crippen LogP contribution >= 0.6 is 11.6 Å². The number of hydrogen-bond donors (Lipinski definition) is 1. The maximum absolute atomic E-state index is 13.0. The van der Waals surface area contributed by atoms with Crippen LogP contribution in [0.2, 0.25) is 5.02 Å². The first-order valence-electron chi connectivity index (χ1n) is 12.7. The number of ether oxygens (including phenoxy) is 1. The number of methoxy groups -OCH3 is 1. The number of carbonyl (C=O) groups excluding carboxylic acids is 1. The Labute approximate surface area is 230 Å². The first-order chi connectivity index (χ1) is 18.0. The van der Waals surface area contributed by atoms with Crippen LogP contribution in [0.3, 0.4) is 0 Å². The number of benzene rings is 1. The number of aromatic nitrogens is 2. The Balaban J connectivity index is 0.00000161. The second kappa shape index (κ2) is 14.7. The Morgan fingerprint density at radius 2 is 1.89 bits per heavy atom. The van der Waals surface area contributed by atoms with Crippen LogP contribution in [0.15, 0.2) is 18.2 Å². The molecule has 0 saturated heterocycles. The molecule has 0 aliphatic heterocycles. The fraction of sp³-hybridized carbons (Fsp3) is 0.615. The van der Waals surface area contributed by atoms with E-state index in [9.17, 15) is 18.0 Å². The highest BCUT2D eigenvalue weighted by atomic mass is 35.5. The van der Waals surface area contributed by atoms with E-state index in [1.54, 1.807) is 22.9 Å². The zero-order valence-corrected chi connectivity index (χ0v) is 23.6. The van der Waals surface area contributed by atoms with Crippen molar-refractivity contribution in [3.63, 3.8) is 0 Å². The molecule has 1 heterocycles. The summed E-state index contributed by atoms with van der Waals surface area (Å²) in [5, 5.41) is 7.70. The molecule has 2 aromatic rings. The molecule has 212 valence electrons. The van der Waals surface area contributed by atoms with Gasteiger partial charge >= 0.3 is 17.7 Å². The molecule has 1 atom stereocenters. The fourth-order valence-corrected chi connectivity index (χ4v) is 4.92. The van der Waals surface area contributed by atoms with Gasteiger partial charge in [0.1, 0.15) is 5.75 Å². The summed E-state index contributed by atoms with van der Waals surface area (Å²) >= 11 is 5.95. The topological polar surface area (TPSA) is 90.3 Å². The van der Waals surface area contributed by atoms with Gasteiger partial charge in [-0.1, -0.05) is 51.3 Å². The molecule has 1 aliphatic rings. The number of amides is 1. The average molecular weight is 578 g/mol. The van der Waals surface area contributed by atoms with E-state index in [-0.39, 0.29) is 23.0 Å². The van der Waals surface area contributed by atoms with E-state index in [0.29, 0.717) is 41.6 Å². The summed E-state index contributed by atoms with van der Waals surface area (Å²) in [5.41, 5.74) is 1.77. The number of nitrogens with zero attached hydrogens (tertiary/aromatic N) is 2. The molecule has 1 amide bonds. The zero-order chi connectivity index (χ0) is 28.5. The fourth-order valence-electron chi connectivity index (χ4n) is 4.60. The van der Waals surface area contributed by atoms with Crippen molar-refractivity contribution in [2.75, 3.05) is 13.7 Å². The number of nitrogens with one attached hydrogen (secondary N) is 1. The van der Waals surface area contributed by atoms with Crippen molar-refractivity contribution in [1.82, 2.24) is 15.1 Å². The maximum atomic E-state index is 13.0. The van der Waals surface area contributed by atoms with Gasteiger partial charge in [0.2, 0.25) is 0 Å². The van der Waals surface area contributed by atoms with Crippen molar-refractivity contribution in [2.24, 2.45) is 17.8 Å². The van der Waals surface area contributed by atoms with Gasteiger partial charge in [-0.05, 0) is 55.2 Å². The molecule has 0 radical (unpaired) electrons. The van der Waals surface area contributed by atoms with E-state index in [1.807, 2.05) is 6.92 Å². The Morgan fingerprint density at radius 1 is 1.26 bits per heavy atom. The molecule has 1 aliphatic carbocycles. The molecule has 0 spiro atoms. The number of hydrogen-bond acceptors (Lipinski definition) is 5. The molecule has 3 rings (SSSR count). The van der Waals surface area contributed by atoms with Gasteiger partial charge in [0.25, 0.3) is 5.91 Å². The summed E-state index contributed by atoms with van der Waals surface area (Å²) in [6.45, 7) is 6.52. The molecule has 1 aromatic heterocycles. The van der Waals surface area contributed by atoms with Gasteiger partial charge in [0.05, 0.1) is 23.7 Å². The number of alkyl halides is 3. The van der Waals surface area contributed by atoms with Gasteiger partial charge in [-0.3, -0.25) is 9.48 Å². The summed E-state index contributed by atoms with van der Waals surface area (Å²) in [4.78, 5) is 13.0. The van der Waals surface area contributed by atoms with Gasteiger partial charge in [0.15, 0.2) is 5.69 Å². The van der Waals surface area contributed by atoms with Crippen molar-refractivity contribution in [2.45, 2.75) is 72.0 Å². The van der Waals surface area contributed by atoms with Crippen LogP contribution in [-0.4, -0.2) is 43.9 Å². The van der Waals surface area contributed by atoms with Gasteiger partial charge in [-0.2, -0.15) is 26.7 Å². The van der Waals surface area contributed by atoms with E-state index >= 15 is 0 Å². The quantitative estimate of drug-likeness (QED) is 0.380. The number of rotatable bonds is 9. The van der Waals surface area contributed by atoms with Crippen LogP contribution in [0.25, 0.3) is 11.3 Å². The molecule has 1 fully saturated rings. The monoisotopic (exact) mass is 577 g/mol. The van der Waals surface area contributed by atoms with Crippen LogP contribution in [0.1, 0.15) is 68.9 Å². The molecular formula is C26H35ClF3N3O4S. The molecule has 12 heteroatoms. The number of aryl methyl sites for hydroxylation is 1. The lowest BCUT2D eigenvalue weighted by molar-refractivity contribution is -0.169. The number of carbonyl (C=O) groups is 1. The van der Waals surface area contributed by atoms with Crippen molar-refractivity contribution < 1.29 is 31.1 Å². The highest BCUT2D eigenvalue weighted by Gasteiger charge is 2.36. The lowest BCUT2D eigenvalue weighted by Crippen LogP contribution is -2.31. The second-order valence-electron chi connectivity index (χ2n) is 9.82. The molecular weight excluding hydrogens is 543 g/mol. The van der Waals surface area contributed by atoms with Crippen LogP contribution in [-0.2, 0) is 24.5 Å². The largest absolute Gasteiger partial charge is 0.496 e. The molecule has 1 aromatic carbocycles. The standard InChI is InChI=1S/C26H35ClF3N3O2.O2S/c1-5-12-33-24(20-11-10-19(14-21(20)35-4)13-17(3)26(28,29)30)22(27)23(32-33)25(34)31-15-18-8-6-16(2)7-9-18;1-3-2/h10-11,14,16-18H,5-9,12-13,15H2,1-4H3,(H,31,34);/t16?,17-,18?;/m1./s1. The van der Waals surface area contributed by atoms with Crippen molar-refractivity contribution in [1.29, 1.82) is 0 Å². The minimum atomic E-state index is -4.27. The molecule has 38 heavy (non-hydrogen) atoms. The van der Waals surface area contributed by atoms with Crippen LogP contribution in [0.5, 0.6) is 5.75 Å². The van der Waals surface area contributed by atoms with Gasteiger partial charge in [0, 0.05) is 18.7 Å². The highest BCUT2D eigenvalue weighted by molar-refractivity contribution is 7.51. The summed E-state index contributed by atoms with van der Waals surface area (Å²) in [7, 11) is 1.46. The minimum absolute atomic E-state index is 0.149. The predicted molar refractivity (Wildman–Crippen MR) is 141 cm³/mol. The molecule has 0 bridgehead atoms. The summed E-state index contributed by atoms with van der Waals surface area (Å²) in [5.74, 6) is -0.215. The SMILES string of the molecule is CCCn1nc(C(=O)NCC2CCC(C)CC2)c(Cl)c1-c1ccc(C[C@@H](C)C(F)(F)F)cc1OC.O=S=O. The maximum Gasteiger partial charge on any atom is 0.391 e. The van der Waals surface area contributed by atoms with Gasteiger partial charge in [-0.15, -0.1) is 0 Å². The van der Waals surface area contributed by atoms with Crippen molar-refractivity contribution in [3.8, 4) is 17.0 Å². The van der Waals surface area contributed by atoms with Crippen LogP contribution < -0.4 is 10.1 Å². The summed E-state index contributed by atoms with van der Waals surface area (Å²) in [6, 6.07) is 4.93. The lowest BCUT2D eigenvalue weighted by Gasteiger charge is -2.26. The van der Waals surface area contributed by atoms with Crippen LogP contribution in [0, 0.1) is 17.8 Å². The predicted octanol–water partition coefficient (Wildman–Crippen LogP) is 6.25. The minimum Gasteiger partial charge on any atom is -0.496 e. The molecule has 1 saturated carbocycles. The van der Waals surface area contributed by atoms with E-state index in [4.69, 9.17) is 24.8 Å². The van der Waals surface area contributed by atoms with Gasteiger partial charge < -0.3 is 10.1 Å². The van der Waals surface area contributed by atoms with Crippen molar-refractivity contribution >= 4 is 29.1 Å². The first-order valence-corrected chi connectivity index (χ1v) is 13.7. The summed E-state index contributed by atoms with van der Waals surface area (Å²) < 4.78 is 62.9.